The number of esters is 1. The van der Waals surface area contributed by atoms with Crippen LogP contribution in [0.2, 0.25) is 0 Å². The van der Waals surface area contributed by atoms with E-state index in [1.54, 1.807) is 50.2 Å². The molecule has 2 amide bonds. The molecule has 2 saturated heterocycles. The minimum atomic E-state index is -1.28. The molecule has 10 heteroatoms. The average molecular weight is 519 g/mol. The van der Waals surface area contributed by atoms with Gasteiger partial charge in [-0.15, -0.1) is 11.8 Å². The number of hydrogen-bond donors (Lipinski definition) is 2. The molecule has 2 N–H and O–H groups in total. The zero-order chi connectivity index (χ0) is 24.9. The first-order valence-corrected chi connectivity index (χ1v) is 12.5. The Morgan fingerprint density at radius 1 is 1.11 bits per heavy atom. The number of ether oxygens (including phenoxy) is 1. The van der Waals surface area contributed by atoms with E-state index in [0.29, 0.717) is 11.3 Å². The SMILES string of the molecule is CC1(C)S[C@@H]2[C@H](NC(=O)C(C(=O)Oc3ccc4c(c3)CCC4)c3ccccc3)C(=O)N2[C@H]1C(=O)O.[NaH]. The van der Waals surface area contributed by atoms with Gasteiger partial charge >= 0.3 is 41.5 Å². The molecule has 0 radical (unpaired) electrons. The zero-order valence-corrected chi connectivity index (χ0v) is 20.2. The predicted molar refractivity (Wildman–Crippen MR) is 136 cm³/mol. The van der Waals surface area contributed by atoms with Crippen molar-refractivity contribution in [2.75, 3.05) is 0 Å². The second-order valence-electron chi connectivity index (χ2n) is 9.63. The number of nitrogens with one attached hydrogen (secondary N) is 1. The molecular formula is C26H27N2NaO6S. The number of β-lactam (4-membered cyclic amide) rings is 1. The van der Waals surface area contributed by atoms with Crippen LogP contribution >= 0.6 is 11.8 Å². The number of thioether (sulfide) groups is 1. The molecule has 2 aromatic rings. The van der Waals surface area contributed by atoms with Crippen LogP contribution in [0.5, 0.6) is 5.75 Å². The molecule has 36 heavy (non-hydrogen) atoms. The van der Waals surface area contributed by atoms with Gasteiger partial charge in [-0.1, -0.05) is 36.4 Å². The molecule has 3 aliphatic rings. The molecule has 5 rings (SSSR count). The molecule has 2 heterocycles. The number of carbonyl (C=O) groups excluding carboxylic acids is 3. The predicted octanol–water partition coefficient (Wildman–Crippen LogP) is 1.85. The van der Waals surface area contributed by atoms with E-state index in [2.05, 4.69) is 5.32 Å². The van der Waals surface area contributed by atoms with Crippen molar-refractivity contribution >= 4 is 65.1 Å². The van der Waals surface area contributed by atoms with Gasteiger partial charge in [-0.25, -0.2) is 4.79 Å². The molecule has 2 fully saturated rings. The van der Waals surface area contributed by atoms with Gasteiger partial charge in [0.05, 0.1) is 0 Å². The molecule has 1 aliphatic carbocycles. The van der Waals surface area contributed by atoms with Crippen molar-refractivity contribution in [3.05, 3.63) is 65.2 Å². The summed E-state index contributed by atoms with van der Waals surface area (Å²) >= 11 is 1.33. The van der Waals surface area contributed by atoms with Crippen LogP contribution in [0.4, 0.5) is 0 Å². The normalized spacial score (nSPS) is 24.0. The Morgan fingerprint density at radius 2 is 1.81 bits per heavy atom. The van der Waals surface area contributed by atoms with Crippen LogP contribution < -0.4 is 10.1 Å². The Hall–Kier alpha value is -2.33. The summed E-state index contributed by atoms with van der Waals surface area (Å²) in [6.07, 6.45) is 2.99. The Morgan fingerprint density at radius 3 is 2.50 bits per heavy atom. The van der Waals surface area contributed by atoms with Crippen LogP contribution in [0.3, 0.4) is 0 Å². The summed E-state index contributed by atoms with van der Waals surface area (Å²) in [5.74, 6) is -3.83. The average Bonchev–Trinajstić information content (AvgIpc) is 3.38. The van der Waals surface area contributed by atoms with Gasteiger partial charge in [0.25, 0.3) is 0 Å². The third-order valence-corrected chi connectivity index (χ3v) is 8.46. The number of aliphatic carboxylic acids is 1. The molecule has 0 spiro atoms. The van der Waals surface area contributed by atoms with Gasteiger partial charge < -0.3 is 20.1 Å². The molecule has 2 aliphatic heterocycles. The maximum atomic E-state index is 13.4. The summed E-state index contributed by atoms with van der Waals surface area (Å²) in [4.78, 5) is 52.5. The number of carbonyl (C=O) groups is 4. The van der Waals surface area contributed by atoms with E-state index in [1.807, 2.05) is 12.1 Å². The standard InChI is InChI=1S/C26H26N2O6S.Na.H/c1-26(2)20(24(31)32)28-22(30)19(23(28)35-26)27-21(29)18(15-7-4-3-5-8-15)25(33)34-17-12-11-14-9-6-10-16(14)13-17;;/h3-5,7-8,11-13,18-20,23H,6,9-10H2,1-2H3,(H,27,29)(H,31,32);;/t18?,19-,20+,23-;;/m1../s1. The quantitative estimate of drug-likeness (QED) is 0.197. The van der Waals surface area contributed by atoms with Gasteiger partial charge in [-0.2, -0.15) is 0 Å². The Bertz CT molecular complexity index is 1220. The monoisotopic (exact) mass is 518 g/mol. The van der Waals surface area contributed by atoms with E-state index in [1.165, 1.54) is 22.2 Å². The van der Waals surface area contributed by atoms with E-state index >= 15 is 0 Å². The number of benzene rings is 2. The van der Waals surface area contributed by atoms with Crippen molar-refractivity contribution < 1.29 is 29.0 Å². The van der Waals surface area contributed by atoms with Crippen LogP contribution in [0.15, 0.2) is 48.5 Å². The summed E-state index contributed by atoms with van der Waals surface area (Å²) in [6.45, 7) is 3.53. The fourth-order valence-corrected chi connectivity index (χ4v) is 6.83. The van der Waals surface area contributed by atoms with Crippen LogP contribution in [0, 0.1) is 0 Å². The van der Waals surface area contributed by atoms with Gasteiger partial charge in [0.2, 0.25) is 11.8 Å². The molecular weight excluding hydrogens is 491 g/mol. The van der Waals surface area contributed by atoms with Crippen LogP contribution in [-0.4, -0.2) is 85.5 Å². The van der Waals surface area contributed by atoms with Crippen LogP contribution in [-0.2, 0) is 32.0 Å². The first-order chi connectivity index (χ1) is 16.7. The Kier molecular flexibility index (Phi) is 7.57. The van der Waals surface area contributed by atoms with E-state index in [-0.39, 0.29) is 29.6 Å². The van der Waals surface area contributed by atoms with Gasteiger partial charge in [-0.3, -0.25) is 14.4 Å². The number of carboxylic acid groups (broad SMARTS) is 1. The summed E-state index contributed by atoms with van der Waals surface area (Å²) in [7, 11) is 0. The first kappa shape index (κ1) is 26.7. The number of nitrogens with zero attached hydrogens (tertiary/aromatic N) is 1. The van der Waals surface area contributed by atoms with Gasteiger partial charge in [-0.05, 0) is 61.9 Å². The Labute approximate surface area is 235 Å². The number of aryl methyl sites for hydroxylation is 2. The molecule has 0 bridgehead atoms. The molecule has 2 aromatic carbocycles. The summed E-state index contributed by atoms with van der Waals surface area (Å²) in [6, 6.07) is 12.2. The third-order valence-electron chi connectivity index (χ3n) is 6.89. The van der Waals surface area contributed by atoms with Crippen LogP contribution in [0.1, 0.15) is 42.9 Å². The van der Waals surface area contributed by atoms with Crippen molar-refractivity contribution in [2.45, 2.75) is 61.2 Å². The van der Waals surface area contributed by atoms with Crippen molar-refractivity contribution in [1.82, 2.24) is 10.2 Å². The van der Waals surface area contributed by atoms with E-state index in [4.69, 9.17) is 4.74 Å². The second-order valence-corrected chi connectivity index (χ2v) is 11.4. The summed E-state index contributed by atoms with van der Waals surface area (Å²) < 4.78 is 4.92. The van der Waals surface area contributed by atoms with Gasteiger partial charge in [0.15, 0.2) is 5.92 Å². The number of hydrogen-bond acceptors (Lipinski definition) is 6. The molecule has 4 atom stereocenters. The van der Waals surface area contributed by atoms with Crippen molar-refractivity contribution in [3.63, 3.8) is 0 Å². The number of fused-ring (bicyclic) bond motifs is 2. The number of rotatable bonds is 6. The maximum absolute atomic E-state index is 13.4. The summed E-state index contributed by atoms with van der Waals surface area (Å²) in [5.41, 5.74) is 2.83. The molecule has 184 valence electrons. The fourth-order valence-electron chi connectivity index (χ4n) is 5.21. The molecule has 1 unspecified atom stereocenters. The van der Waals surface area contributed by atoms with E-state index in [0.717, 1.165) is 24.8 Å². The number of carboxylic acids is 1. The second kappa shape index (κ2) is 10.2. The van der Waals surface area contributed by atoms with E-state index in [9.17, 15) is 24.3 Å². The van der Waals surface area contributed by atoms with Crippen molar-refractivity contribution in [2.24, 2.45) is 0 Å². The number of amides is 2. The van der Waals surface area contributed by atoms with Crippen LogP contribution in [0.25, 0.3) is 0 Å². The van der Waals surface area contributed by atoms with Crippen molar-refractivity contribution in [3.8, 4) is 5.75 Å². The van der Waals surface area contributed by atoms with E-state index < -0.39 is 51.9 Å². The topological polar surface area (TPSA) is 113 Å². The zero-order valence-electron chi connectivity index (χ0n) is 19.4. The fraction of sp³-hybridized carbons (Fsp3) is 0.385. The van der Waals surface area contributed by atoms with Gasteiger partial charge in [0, 0.05) is 4.75 Å². The van der Waals surface area contributed by atoms with Crippen molar-refractivity contribution in [1.29, 1.82) is 0 Å². The summed E-state index contributed by atoms with van der Waals surface area (Å²) in [5, 5.41) is 11.8. The molecule has 0 aromatic heterocycles. The van der Waals surface area contributed by atoms with Gasteiger partial charge in [0.1, 0.15) is 23.2 Å². The third kappa shape index (κ3) is 4.69. The minimum absolute atomic E-state index is 0. The first-order valence-electron chi connectivity index (χ1n) is 11.6. The molecule has 0 saturated carbocycles. The molecule has 8 nitrogen and oxygen atoms in total. The Balaban J connectivity index is 0.00000304.